The van der Waals surface area contributed by atoms with Crippen molar-refractivity contribution in [2.24, 2.45) is 22.7 Å². The zero-order valence-electron chi connectivity index (χ0n) is 21.5. The topological polar surface area (TPSA) is 99.8 Å². The van der Waals surface area contributed by atoms with Crippen molar-refractivity contribution in [3.05, 3.63) is 72.4 Å². The SMILES string of the molecule is CC12C[C@H]3C[C@@H](C1)CC(C(=O)Nc1ccc(-c4nc5ccc(C(=O)Nc6ccccn6)cc5[nH]4)cc1)(C3)C2. The van der Waals surface area contributed by atoms with Crippen molar-refractivity contribution in [2.45, 2.75) is 45.4 Å². The van der Waals surface area contributed by atoms with E-state index in [-0.39, 0.29) is 17.2 Å². The Bertz CT molecular complexity index is 1530. The monoisotopic (exact) mass is 505 g/mol. The second-order valence-corrected chi connectivity index (χ2v) is 12.1. The molecule has 7 heteroatoms. The minimum atomic E-state index is -0.227. The van der Waals surface area contributed by atoms with Gasteiger partial charge in [-0.05, 0) is 110 Å². The van der Waals surface area contributed by atoms with Crippen LogP contribution in [0.4, 0.5) is 11.5 Å². The van der Waals surface area contributed by atoms with Gasteiger partial charge in [0, 0.05) is 23.0 Å². The highest BCUT2D eigenvalue weighted by Gasteiger charge is 2.58. The van der Waals surface area contributed by atoms with Gasteiger partial charge in [0.15, 0.2) is 0 Å². The number of nitrogens with zero attached hydrogens (tertiary/aromatic N) is 2. The molecule has 2 amide bonds. The summed E-state index contributed by atoms with van der Waals surface area (Å²) in [6, 6.07) is 18.6. The number of aromatic amines is 1. The molecule has 2 aromatic heterocycles. The molecule has 3 N–H and O–H groups in total. The van der Waals surface area contributed by atoms with Crippen molar-refractivity contribution in [3.63, 3.8) is 0 Å². The molecule has 2 unspecified atom stereocenters. The molecule has 7 nitrogen and oxygen atoms in total. The van der Waals surface area contributed by atoms with Crippen molar-refractivity contribution in [3.8, 4) is 11.4 Å². The molecule has 8 rings (SSSR count). The van der Waals surface area contributed by atoms with Gasteiger partial charge in [-0.15, -0.1) is 0 Å². The van der Waals surface area contributed by atoms with E-state index in [0.29, 0.717) is 34.5 Å². The summed E-state index contributed by atoms with van der Waals surface area (Å²) in [5.41, 5.74) is 3.96. The number of hydrogen-bond donors (Lipinski definition) is 3. The molecule has 2 heterocycles. The predicted molar refractivity (Wildman–Crippen MR) is 148 cm³/mol. The molecule has 0 saturated heterocycles. The second-order valence-electron chi connectivity index (χ2n) is 12.1. The van der Waals surface area contributed by atoms with Gasteiger partial charge in [0.05, 0.1) is 16.4 Å². The summed E-state index contributed by atoms with van der Waals surface area (Å²) in [6.07, 6.45) is 8.65. The Hall–Kier alpha value is -4.00. The lowest BCUT2D eigenvalue weighted by Gasteiger charge is -2.60. The van der Waals surface area contributed by atoms with E-state index in [1.54, 1.807) is 30.5 Å². The van der Waals surface area contributed by atoms with Crippen LogP contribution in [0.1, 0.15) is 55.8 Å². The average molecular weight is 506 g/mol. The Morgan fingerprint density at radius 2 is 1.74 bits per heavy atom. The number of nitrogens with one attached hydrogen (secondary N) is 3. The number of benzene rings is 2. The van der Waals surface area contributed by atoms with Gasteiger partial charge in [0.1, 0.15) is 11.6 Å². The molecular weight excluding hydrogens is 474 g/mol. The normalized spacial score (nSPS) is 27.4. The third-order valence-corrected chi connectivity index (χ3v) is 8.90. The maximum Gasteiger partial charge on any atom is 0.256 e. The molecule has 4 aliphatic rings. The number of rotatable bonds is 5. The first-order chi connectivity index (χ1) is 18.4. The number of H-pyrrole nitrogens is 1. The quantitative estimate of drug-likeness (QED) is 0.291. The first-order valence-electron chi connectivity index (χ1n) is 13.5. The van der Waals surface area contributed by atoms with E-state index in [2.05, 4.69) is 27.5 Å². The molecule has 0 radical (unpaired) electrons. The largest absolute Gasteiger partial charge is 0.338 e. The van der Waals surface area contributed by atoms with Crippen molar-refractivity contribution >= 4 is 34.4 Å². The standard InChI is InChI=1S/C31H31N5O2/c1-30-14-19-12-20(15-30)17-31(16-19,18-30)29(38)33-23-8-5-21(6-9-23)27-34-24-10-7-22(13-25(24)35-27)28(37)36-26-4-2-3-11-32-26/h2-11,13,19-20H,12,14-18H2,1H3,(H,33,38)(H,34,35)(H,32,36,37)/t19-,20+,30?,31?. The Balaban J connectivity index is 1.06. The Morgan fingerprint density at radius 1 is 0.947 bits per heavy atom. The Morgan fingerprint density at radius 3 is 2.45 bits per heavy atom. The van der Waals surface area contributed by atoms with E-state index < -0.39 is 0 Å². The molecule has 4 aliphatic carbocycles. The molecule has 192 valence electrons. The van der Waals surface area contributed by atoms with Crippen LogP contribution in [-0.2, 0) is 4.79 Å². The zero-order valence-corrected chi connectivity index (χ0v) is 21.5. The molecule has 4 aromatic rings. The van der Waals surface area contributed by atoms with Gasteiger partial charge >= 0.3 is 0 Å². The van der Waals surface area contributed by atoms with E-state index in [0.717, 1.165) is 41.5 Å². The van der Waals surface area contributed by atoms with E-state index in [4.69, 9.17) is 4.98 Å². The predicted octanol–water partition coefficient (Wildman–Crippen LogP) is 6.42. The summed E-state index contributed by atoms with van der Waals surface area (Å²) in [5, 5.41) is 6.05. The summed E-state index contributed by atoms with van der Waals surface area (Å²) in [4.78, 5) is 38.4. The summed E-state index contributed by atoms with van der Waals surface area (Å²) >= 11 is 0. The maximum absolute atomic E-state index is 13.5. The molecule has 4 atom stereocenters. The van der Waals surface area contributed by atoms with Gasteiger partial charge < -0.3 is 15.6 Å². The molecule has 4 bridgehead atoms. The van der Waals surface area contributed by atoms with Gasteiger partial charge in [-0.2, -0.15) is 0 Å². The van der Waals surface area contributed by atoms with E-state index in [1.165, 1.54) is 19.3 Å². The molecule has 0 spiro atoms. The number of imidazole rings is 1. The maximum atomic E-state index is 13.5. The fraction of sp³-hybridized carbons (Fsp3) is 0.355. The van der Waals surface area contributed by atoms with E-state index in [1.807, 2.05) is 36.4 Å². The van der Waals surface area contributed by atoms with Crippen LogP contribution in [0.5, 0.6) is 0 Å². The minimum Gasteiger partial charge on any atom is -0.338 e. The highest BCUT2D eigenvalue weighted by molar-refractivity contribution is 6.05. The summed E-state index contributed by atoms with van der Waals surface area (Å²) in [6.45, 7) is 2.39. The number of hydrogen-bond acceptors (Lipinski definition) is 4. The van der Waals surface area contributed by atoms with Crippen LogP contribution < -0.4 is 10.6 Å². The Kier molecular flexibility index (Phi) is 5.18. The number of aromatic nitrogens is 3. The smallest absolute Gasteiger partial charge is 0.256 e. The van der Waals surface area contributed by atoms with Crippen molar-refractivity contribution in [1.29, 1.82) is 0 Å². The molecule has 4 saturated carbocycles. The molecule has 2 aromatic carbocycles. The number of amides is 2. The van der Waals surface area contributed by atoms with Crippen LogP contribution in [0.2, 0.25) is 0 Å². The second kappa shape index (κ2) is 8.51. The molecular formula is C31H31N5O2. The van der Waals surface area contributed by atoms with E-state index in [9.17, 15) is 9.59 Å². The fourth-order valence-electron chi connectivity index (χ4n) is 7.87. The van der Waals surface area contributed by atoms with Gasteiger partial charge in [0.2, 0.25) is 5.91 Å². The first kappa shape index (κ1) is 23.1. The number of carbonyl (C=O) groups is 2. The fourth-order valence-corrected chi connectivity index (χ4v) is 7.87. The first-order valence-corrected chi connectivity index (χ1v) is 13.5. The number of carbonyl (C=O) groups excluding carboxylic acids is 2. The molecule has 0 aliphatic heterocycles. The van der Waals surface area contributed by atoms with Gasteiger partial charge in [-0.3, -0.25) is 9.59 Å². The third-order valence-electron chi connectivity index (χ3n) is 8.90. The van der Waals surface area contributed by atoms with Gasteiger partial charge in [-0.25, -0.2) is 9.97 Å². The van der Waals surface area contributed by atoms with Crippen molar-refractivity contribution in [1.82, 2.24) is 15.0 Å². The molecule has 38 heavy (non-hydrogen) atoms. The van der Waals surface area contributed by atoms with Crippen LogP contribution in [0.25, 0.3) is 22.4 Å². The number of anilines is 2. The third kappa shape index (κ3) is 4.06. The van der Waals surface area contributed by atoms with Crippen molar-refractivity contribution in [2.75, 3.05) is 10.6 Å². The van der Waals surface area contributed by atoms with Crippen LogP contribution in [0, 0.1) is 22.7 Å². The summed E-state index contributed by atoms with van der Waals surface area (Å²) in [7, 11) is 0. The minimum absolute atomic E-state index is 0.198. The lowest BCUT2D eigenvalue weighted by molar-refractivity contribution is -0.149. The lowest BCUT2D eigenvalue weighted by Crippen LogP contribution is -2.55. The zero-order chi connectivity index (χ0) is 25.9. The van der Waals surface area contributed by atoms with Gasteiger partial charge in [-0.1, -0.05) is 13.0 Å². The van der Waals surface area contributed by atoms with Crippen LogP contribution in [-0.4, -0.2) is 26.8 Å². The number of fused-ring (bicyclic) bond motifs is 1. The van der Waals surface area contributed by atoms with Gasteiger partial charge in [0.25, 0.3) is 5.91 Å². The number of pyridine rings is 1. The Labute approximate surface area is 221 Å². The summed E-state index contributed by atoms with van der Waals surface area (Å²) in [5.74, 6) is 2.62. The van der Waals surface area contributed by atoms with Crippen molar-refractivity contribution < 1.29 is 9.59 Å². The lowest BCUT2D eigenvalue weighted by atomic mass is 9.44. The summed E-state index contributed by atoms with van der Waals surface area (Å²) < 4.78 is 0. The van der Waals surface area contributed by atoms with E-state index >= 15 is 0 Å². The highest BCUT2D eigenvalue weighted by Crippen LogP contribution is 2.65. The molecule has 4 fully saturated rings. The highest BCUT2D eigenvalue weighted by atomic mass is 16.2. The van der Waals surface area contributed by atoms with Crippen LogP contribution >= 0.6 is 0 Å². The van der Waals surface area contributed by atoms with Crippen LogP contribution in [0.15, 0.2) is 66.9 Å². The van der Waals surface area contributed by atoms with Crippen LogP contribution in [0.3, 0.4) is 0 Å². The average Bonchev–Trinajstić information content (AvgIpc) is 3.32.